The Balaban J connectivity index is 2.04. The van der Waals surface area contributed by atoms with E-state index in [1.807, 2.05) is 12.1 Å². The van der Waals surface area contributed by atoms with Crippen LogP contribution in [0.15, 0.2) is 18.2 Å². The zero-order valence-corrected chi connectivity index (χ0v) is 12.0. The Morgan fingerprint density at radius 2 is 2.00 bits per heavy atom. The summed E-state index contributed by atoms with van der Waals surface area (Å²) in [4.78, 5) is 2.43. The first-order chi connectivity index (χ1) is 9.11. The predicted octanol–water partition coefficient (Wildman–Crippen LogP) is 3.29. The molecular formula is C16H25FN2. The average molecular weight is 264 g/mol. The summed E-state index contributed by atoms with van der Waals surface area (Å²) in [6, 6.07) is 6.24. The van der Waals surface area contributed by atoms with Crippen molar-refractivity contribution in [1.29, 1.82) is 0 Å². The van der Waals surface area contributed by atoms with E-state index in [-0.39, 0.29) is 12.4 Å². The third kappa shape index (κ3) is 4.02. The molecule has 1 saturated carbocycles. The summed E-state index contributed by atoms with van der Waals surface area (Å²) in [7, 11) is 0. The molecule has 1 aromatic rings. The minimum Gasteiger partial charge on any atom is -0.326 e. The van der Waals surface area contributed by atoms with Crippen molar-refractivity contribution in [1.82, 2.24) is 4.90 Å². The molecule has 0 bridgehead atoms. The summed E-state index contributed by atoms with van der Waals surface area (Å²) >= 11 is 0. The Morgan fingerprint density at radius 3 is 2.58 bits per heavy atom. The highest BCUT2D eigenvalue weighted by Gasteiger charge is 2.29. The minimum absolute atomic E-state index is 0.111. The van der Waals surface area contributed by atoms with Crippen molar-refractivity contribution >= 4 is 0 Å². The Kier molecular flexibility index (Phi) is 4.94. The molecule has 0 radical (unpaired) electrons. The lowest BCUT2D eigenvalue weighted by atomic mass is 10.1. The molecule has 0 unspecified atom stereocenters. The minimum atomic E-state index is -0.111. The first-order valence-electron chi connectivity index (χ1n) is 7.32. The molecule has 0 atom stereocenters. The van der Waals surface area contributed by atoms with Crippen molar-refractivity contribution < 1.29 is 4.39 Å². The van der Waals surface area contributed by atoms with Crippen LogP contribution in [0.3, 0.4) is 0 Å². The van der Waals surface area contributed by atoms with Gasteiger partial charge in [-0.2, -0.15) is 0 Å². The maximum Gasteiger partial charge on any atom is 0.132 e. The van der Waals surface area contributed by atoms with Crippen LogP contribution in [0.25, 0.3) is 0 Å². The van der Waals surface area contributed by atoms with Gasteiger partial charge in [0.05, 0.1) is 0 Å². The number of rotatable bonds is 7. The number of hydrogen-bond acceptors (Lipinski definition) is 2. The molecule has 3 heteroatoms. The Labute approximate surface area is 115 Å². The van der Waals surface area contributed by atoms with Gasteiger partial charge in [0.25, 0.3) is 0 Å². The van der Waals surface area contributed by atoms with E-state index in [9.17, 15) is 4.39 Å². The molecule has 0 heterocycles. The maximum absolute atomic E-state index is 14.2. The van der Waals surface area contributed by atoms with E-state index < -0.39 is 0 Å². The van der Waals surface area contributed by atoms with Gasteiger partial charge in [0, 0.05) is 30.3 Å². The van der Waals surface area contributed by atoms with Gasteiger partial charge in [-0.25, -0.2) is 4.39 Å². The standard InChI is InChI=1S/C16H25FN2/c1-12(2)8-9-19(15-6-7-15)11-14-5-3-4-13(10-18)16(14)17/h3-5,12,15H,6-11,18H2,1-2H3. The average Bonchev–Trinajstić information content (AvgIpc) is 3.20. The smallest absolute Gasteiger partial charge is 0.132 e. The van der Waals surface area contributed by atoms with Crippen LogP contribution in [-0.2, 0) is 13.1 Å². The third-order valence-electron chi connectivity index (χ3n) is 3.81. The van der Waals surface area contributed by atoms with Crippen LogP contribution in [-0.4, -0.2) is 17.5 Å². The lowest BCUT2D eigenvalue weighted by Crippen LogP contribution is -2.28. The SMILES string of the molecule is CC(C)CCN(Cc1cccc(CN)c1F)C1CC1. The van der Waals surface area contributed by atoms with Crippen molar-refractivity contribution in [3.05, 3.63) is 35.1 Å². The van der Waals surface area contributed by atoms with Gasteiger partial charge >= 0.3 is 0 Å². The molecule has 2 N–H and O–H groups in total. The van der Waals surface area contributed by atoms with Crippen molar-refractivity contribution in [2.75, 3.05) is 6.54 Å². The first kappa shape index (κ1) is 14.5. The molecule has 106 valence electrons. The van der Waals surface area contributed by atoms with Crippen LogP contribution in [0, 0.1) is 11.7 Å². The second kappa shape index (κ2) is 6.49. The fourth-order valence-electron chi connectivity index (χ4n) is 2.39. The van der Waals surface area contributed by atoms with Gasteiger partial charge in [0.15, 0.2) is 0 Å². The van der Waals surface area contributed by atoms with E-state index in [1.165, 1.54) is 19.3 Å². The van der Waals surface area contributed by atoms with Gasteiger partial charge < -0.3 is 5.73 Å². The third-order valence-corrected chi connectivity index (χ3v) is 3.81. The van der Waals surface area contributed by atoms with Crippen molar-refractivity contribution in [2.45, 2.75) is 52.2 Å². The van der Waals surface area contributed by atoms with Crippen molar-refractivity contribution in [2.24, 2.45) is 11.7 Å². The van der Waals surface area contributed by atoms with E-state index >= 15 is 0 Å². The van der Waals surface area contributed by atoms with Crippen LogP contribution < -0.4 is 5.73 Å². The topological polar surface area (TPSA) is 29.3 Å². The van der Waals surface area contributed by atoms with Gasteiger partial charge in [0.2, 0.25) is 0 Å². The first-order valence-corrected chi connectivity index (χ1v) is 7.32. The molecule has 1 aromatic carbocycles. The largest absolute Gasteiger partial charge is 0.326 e. The van der Waals surface area contributed by atoms with Crippen LogP contribution in [0.1, 0.15) is 44.2 Å². The van der Waals surface area contributed by atoms with Gasteiger partial charge in [-0.05, 0) is 31.7 Å². The van der Waals surface area contributed by atoms with Gasteiger partial charge in [-0.1, -0.05) is 32.0 Å². The summed E-state index contributed by atoms with van der Waals surface area (Å²) in [5, 5.41) is 0. The summed E-state index contributed by atoms with van der Waals surface area (Å²) in [6.45, 7) is 6.53. The monoisotopic (exact) mass is 264 g/mol. The molecule has 0 saturated heterocycles. The molecule has 2 nitrogen and oxygen atoms in total. The van der Waals surface area contributed by atoms with Gasteiger partial charge in [0.1, 0.15) is 5.82 Å². The Bertz CT molecular complexity index is 413. The number of nitrogens with two attached hydrogens (primary N) is 1. The number of benzene rings is 1. The number of halogens is 1. The maximum atomic E-state index is 14.2. The highest BCUT2D eigenvalue weighted by atomic mass is 19.1. The molecule has 0 aliphatic heterocycles. The van der Waals surface area contributed by atoms with Crippen molar-refractivity contribution in [3.8, 4) is 0 Å². The second-order valence-electron chi connectivity index (χ2n) is 5.98. The van der Waals surface area contributed by atoms with Gasteiger partial charge in [-0.3, -0.25) is 4.90 Å². The molecule has 19 heavy (non-hydrogen) atoms. The highest BCUT2D eigenvalue weighted by molar-refractivity contribution is 5.26. The molecule has 1 fully saturated rings. The van der Waals surface area contributed by atoms with E-state index in [0.29, 0.717) is 17.5 Å². The summed E-state index contributed by atoms with van der Waals surface area (Å²) in [5.74, 6) is 0.585. The van der Waals surface area contributed by atoms with Crippen LogP contribution in [0.2, 0.25) is 0 Å². The zero-order valence-electron chi connectivity index (χ0n) is 12.0. The number of nitrogens with zero attached hydrogens (tertiary/aromatic N) is 1. The zero-order chi connectivity index (χ0) is 13.8. The Hall–Kier alpha value is -0.930. The van der Waals surface area contributed by atoms with Crippen molar-refractivity contribution in [3.63, 3.8) is 0 Å². The second-order valence-corrected chi connectivity index (χ2v) is 5.98. The van der Waals surface area contributed by atoms with E-state index in [2.05, 4.69) is 18.7 Å². The normalized spacial score (nSPS) is 15.5. The molecule has 0 amide bonds. The van der Waals surface area contributed by atoms with Crippen LogP contribution in [0.5, 0.6) is 0 Å². The van der Waals surface area contributed by atoms with E-state index in [4.69, 9.17) is 5.73 Å². The molecule has 1 aliphatic rings. The summed E-state index contributed by atoms with van der Waals surface area (Å²) in [5.41, 5.74) is 6.98. The highest BCUT2D eigenvalue weighted by Crippen LogP contribution is 2.29. The van der Waals surface area contributed by atoms with E-state index in [1.54, 1.807) is 6.07 Å². The lowest BCUT2D eigenvalue weighted by molar-refractivity contribution is 0.236. The fourth-order valence-corrected chi connectivity index (χ4v) is 2.39. The van der Waals surface area contributed by atoms with Gasteiger partial charge in [-0.15, -0.1) is 0 Å². The summed E-state index contributed by atoms with van der Waals surface area (Å²) in [6.07, 6.45) is 3.70. The Morgan fingerprint density at radius 1 is 1.32 bits per heavy atom. The fraction of sp³-hybridized carbons (Fsp3) is 0.625. The lowest BCUT2D eigenvalue weighted by Gasteiger charge is -2.23. The molecule has 0 aromatic heterocycles. The van der Waals surface area contributed by atoms with Crippen LogP contribution in [0.4, 0.5) is 4.39 Å². The molecular weight excluding hydrogens is 239 g/mol. The molecule has 1 aliphatic carbocycles. The predicted molar refractivity (Wildman–Crippen MR) is 77.2 cm³/mol. The molecule has 2 rings (SSSR count). The van der Waals surface area contributed by atoms with Crippen LogP contribution >= 0.6 is 0 Å². The quantitative estimate of drug-likeness (QED) is 0.819. The van der Waals surface area contributed by atoms with E-state index in [0.717, 1.165) is 18.7 Å². The summed E-state index contributed by atoms with van der Waals surface area (Å²) < 4.78 is 14.2. The molecule has 0 spiro atoms. The number of hydrogen-bond donors (Lipinski definition) is 1.